The molecule has 0 bridgehead atoms. The van der Waals surface area contributed by atoms with Crippen molar-refractivity contribution in [3.63, 3.8) is 0 Å². The van der Waals surface area contributed by atoms with E-state index in [1.165, 1.54) is 12.1 Å². The molecule has 0 fully saturated rings. The van der Waals surface area contributed by atoms with Gasteiger partial charge in [0.2, 0.25) is 5.91 Å². The summed E-state index contributed by atoms with van der Waals surface area (Å²) in [6, 6.07) is 12.4. The van der Waals surface area contributed by atoms with Crippen LogP contribution in [0, 0.1) is 6.92 Å². The Balaban J connectivity index is 1.66. The zero-order valence-corrected chi connectivity index (χ0v) is 18.0. The maximum absolute atomic E-state index is 12.8. The lowest BCUT2D eigenvalue weighted by atomic mass is 9.98. The van der Waals surface area contributed by atoms with Crippen LogP contribution in [0.4, 0.5) is 0 Å². The molecule has 0 aliphatic carbocycles. The highest BCUT2D eigenvalue weighted by Gasteiger charge is 2.22. The number of benzene rings is 2. The van der Waals surface area contributed by atoms with Crippen molar-refractivity contribution in [3.8, 4) is 0 Å². The van der Waals surface area contributed by atoms with Crippen molar-refractivity contribution in [2.75, 3.05) is 7.05 Å². The molecule has 0 unspecified atom stereocenters. The zero-order valence-electron chi connectivity index (χ0n) is 17.2. The highest BCUT2D eigenvalue weighted by molar-refractivity contribution is 6.31. The maximum Gasteiger partial charge on any atom is 0.335 e. The molecule has 30 heavy (non-hydrogen) atoms. The number of nitrogens with zero attached hydrogens (tertiary/aromatic N) is 2. The molecule has 1 amide bonds. The molecule has 7 heteroatoms. The highest BCUT2D eigenvalue weighted by Crippen LogP contribution is 2.23. The summed E-state index contributed by atoms with van der Waals surface area (Å²) in [4.78, 5) is 23.8. The maximum atomic E-state index is 12.8. The minimum absolute atomic E-state index is 0.152. The number of hydrazone groups is 1. The normalized spacial score (nSPS) is 13.9. The largest absolute Gasteiger partial charge is 0.478 e. The molecule has 1 heterocycles. The highest BCUT2D eigenvalue weighted by atomic mass is 35.5. The number of amides is 1. The number of carbonyl (C=O) groups is 2. The summed E-state index contributed by atoms with van der Waals surface area (Å²) in [6.45, 7) is 4.16. The van der Waals surface area contributed by atoms with Crippen molar-refractivity contribution in [1.82, 2.24) is 10.3 Å². The van der Waals surface area contributed by atoms with Gasteiger partial charge in [-0.2, -0.15) is 5.10 Å². The van der Waals surface area contributed by atoms with E-state index in [4.69, 9.17) is 16.7 Å². The first kappa shape index (κ1) is 21.6. The van der Waals surface area contributed by atoms with E-state index in [-0.39, 0.29) is 11.5 Å². The topological polar surface area (TPSA) is 82.0 Å². The standard InChI is InChI=1S/C23H24ClN3O3/c1-14-10-17(6-9-21(14)24)11-19-12-20(15(2)27(3)26-19)22(28)25-13-16-4-7-18(8-5-16)23(29)30/h4-10H,11-13H2,1-3H3,(H,25,28)(H,29,30). The predicted molar refractivity (Wildman–Crippen MR) is 118 cm³/mol. The Bertz CT molecular complexity index is 1040. The van der Waals surface area contributed by atoms with Gasteiger partial charge in [0.1, 0.15) is 0 Å². The van der Waals surface area contributed by atoms with Gasteiger partial charge in [0.25, 0.3) is 0 Å². The van der Waals surface area contributed by atoms with Crippen molar-refractivity contribution < 1.29 is 14.7 Å². The summed E-state index contributed by atoms with van der Waals surface area (Å²) in [5, 5.41) is 19.0. The van der Waals surface area contributed by atoms with Gasteiger partial charge in [0.05, 0.1) is 5.56 Å². The summed E-state index contributed by atoms with van der Waals surface area (Å²) >= 11 is 6.11. The molecule has 3 rings (SSSR count). The average Bonchev–Trinajstić information content (AvgIpc) is 2.71. The molecule has 0 radical (unpaired) electrons. The molecule has 2 N–H and O–H groups in total. The predicted octanol–water partition coefficient (Wildman–Crippen LogP) is 4.17. The number of carboxylic acids is 1. The second kappa shape index (κ2) is 9.13. The van der Waals surface area contributed by atoms with E-state index >= 15 is 0 Å². The van der Waals surface area contributed by atoms with Crippen LogP contribution in [-0.2, 0) is 17.8 Å². The monoisotopic (exact) mass is 425 g/mol. The fourth-order valence-electron chi connectivity index (χ4n) is 3.30. The number of rotatable bonds is 6. The van der Waals surface area contributed by atoms with E-state index in [1.807, 2.05) is 39.1 Å². The van der Waals surface area contributed by atoms with Crippen LogP contribution in [0.1, 0.15) is 40.4 Å². The van der Waals surface area contributed by atoms with Gasteiger partial charge in [0, 0.05) is 48.4 Å². The van der Waals surface area contributed by atoms with Gasteiger partial charge in [-0.3, -0.25) is 9.80 Å². The first-order valence-corrected chi connectivity index (χ1v) is 9.97. The van der Waals surface area contributed by atoms with Crippen LogP contribution in [-0.4, -0.2) is 34.8 Å². The number of allylic oxidation sites excluding steroid dienone is 1. The van der Waals surface area contributed by atoms with Gasteiger partial charge >= 0.3 is 5.97 Å². The van der Waals surface area contributed by atoms with Crippen molar-refractivity contribution in [3.05, 3.63) is 81.0 Å². The second-order valence-corrected chi connectivity index (χ2v) is 7.78. The molecule has 0 saturated heterocycles. The van der Waals surface area contributed by atoms with Crippen molar-refractivity contribution in [2.24, 2.45) is 5.10 Å². The van der Waals surface area contributed by atoms with Gasteiger partial charge in [-0.25, -0.2) is 4.79 Å². The average molecular weight is 426 g/mol. The Morgan fingerprint density at radius 1 is 1.13 bits per heavy atom. The lowest BCUT2D eigenvalue weighted by molar-refractivity contribution is -0.117. The van der Waals surface area contributed by atoms with E-state index < -0.39 is 5.97 Å². The van der Waals surface area contributed by atoms with Gasteiger partial charge < -0.3 is 10.4 Å². The molecule has 2 aromatic rings. The fraction of sp³-hybridized carbons (Fsp3) is 0.261. The number of halogens is 1. The van der Waals surface area contributed by atoms with Crippen LogP contribution < -0.4 is 5.32 Å². The summed E-state index contributed by atoms with van der Waals surface area (Å²) < 4.78 is 0. The van der Waals surface area contributed by atoms with E-state index in [1.54, 1.807) is 17.1 Å². The van der Waals surface area contributed by atoms with Crippen LogP contribution in [0.25, 0.3) is 0 Å². The van der Waals surface area contributed by atoms with Crippen LogP contribution in [0.15, 0.2) is 58.8 Å². The van der Waals surface area contributed by atoms with Crippen molar-refractivity contribution in [2.45, 2.75) is 33.2 Å². The van der Waals surface area contributed by atoms with Gasteiger partial charge in [0.15, 0.2) is 0 Å². The Hall–Kier alpha value is -3.12. The summed E-state index contributed by atoms with van der Waals surface area (Å²) in [6.07, 6.45) is 1.12. The number of carbonyl (C=O) groups excluding carboxylic acids is 1. The van der Waals surface area contributed by atoms with E-state index in [0.717, 1.165) is 33.1 Å². The Kier molecular flexibility index (Phi) is 6.57. The van der Waals surface area contributed by atoms with Gasteiger partial charge in [-0.05, 0) is 48.7 Å². The molecule has 1 aliphatic rings. The molecule has 0 saturated carbocycles. The number of hydrogen-bond donors (Lipinski definition) is 2. The second-order valence-electron chi connectivity index (χ2n) is 7.38. The van der Waals surface area contributed by atoms with E-state index in [9.17, 15) is 9.59 Å². The van der Waals surface area contributed by atoms with Crippen molar-refractivity contribution >= 4 is 29.2 Å². The third kappa shape index (κ3) is 5.07. The first-order chi connectivity index (χ1) is 14.2. The van der Waals surface area contributed by atoms with Crippen LogP contribution in [0.5, 0.6) is 0 Å². The molecule has 6 nitrogen and oxygen atoms in total. The van der Waals surface area contributed by atoms with E-state index in [2.05, 4.69) is 10.4 Å². The lowest BCUT2D eigenvalue weighted by Gasteiger charge is -2.25. The summed E-state index contributed by atoms with van der Waals surface area (Å²) in [7, 11) is 1.83. The SMILES string of the molecule is CC1=C(C(=O)NCc2ccc(C(=O)O)cc2)CC(Cc2ccc(Cl)c(C)c2)=NN1C. The summed E-state index contributed by atoms with van der Waals surface area (Å²) in [5.41, 5.74) is 5.55. The van der Waals surface area contributed by atoms with Gasteiger partial charge in [-0.1, -0.05) is 35.9 Å². The third-order valence-corrected chi connectivity index (χ3v) is 5.58. The summed E-state index contributed by atoms with van der Waals surface area (Å²) in [5.74, 6) is -1.12. The number of carboxylic acid groups (broad SMARTS) is 1. The Morgan fingerprint density at radius 3 is 2.43 bits per heavy atom. The molecular formula is C23H24ClN3O3. The number of nitrogens with one attached hydrogen (secondary N) is 1. The molecule has 0 spiro atoms. The fourth-order valence-corrected chi connectivity index (χ4v) is 3.42. The Labute approximate surface area is 180 Å². The number of aryl methyl sites for hydroxylation is 1. The van der Waals surface area contributed by atoms with Crippen LogP contribution in [0.2, 0.25) is 5.02 Å². The molecule has 2 aromatic carbocycles. The first-order valence-electron chi connectivity index (χ1n) is 9.60. The molecule has 0 aromatic heterocycles. The zero-order chi connectivity index (χ0) is 21.8. The molecule has 1 aliphatic heterocycles. The van der Waals surface area contributed by atoms with Crippen molar-refractivity contribution in [1.29, 1.82) is 0 Å². The minimum Gasteiger partial charge on any atom is -0.478 e. The molecule has 156 valence electrons. The van der Waals surface area contributed by atoms with E-state index in [0.29, 0.717) is 25.0 Å². The number of hydrogen-bond acceptors (Lipinski definition) is 4. The number of aromatic carboxylic acids is 1. The van der Waals surface area contributed by atoms with Crippen LogP contribution >= 0.6 is 11.6 Å². The molecular weight excluding hydrogens is 402 g/mol. The van der Waals surface area contributed by atoms with Gasteiger partial charge in [-0.15, -0.1) is 0 Å². The van der Waals surface area contributed by atoms with Crippen LogP contribution in [0.3, 0.4) is 0 Å². The third-order valence-electron chi connectivity index (χ3n) is 5.15. The Morgan fingerprint density at radius 2 is 1.80 bits per heavy atom. The lowest BCUT2D eigenvalue weighted by Crippen LogP contribution is -2.31. The molecule has 0 atom stereocenters. The smallest absolute Gasteiger partial charge is 0.335 e. The quantitative estimate of drug-likeness (QED) is 0.727. The minimum atomic E-state index is -0.973.